The summed E-state index contributed by atoms with van der Waals surface area (Å²) < 4.78 is 0. The molecule has 1 aromatic heterocycles. The SMILES string of the molecule is NC[C@@H]1C[C@H]1c1ccc([N+](=O)[O-])cn1. The average molecular weight is 193 g/mol. The monoisotopic (exact) mass is 193 g/mol. The fraction of sp³-hybridized carbons (Fsp3) is 0.444. The molecule has 0 spiro atoms. The van der Waals surface area contributed by atoms with Crippen LogP contribution in [-0.4, -0.2) is 16.5 Å². The summed E-state index contributed by atoms with van der Waals surface area (Å²) in [4.78, 5) is 14.0. The molecule has 2 atom stereocenters. The summed E-state index contributed by atoms with van der Waals surface area (Å²) in [6, 6.07) is 3.21. The highest BCUT2D eigenvalue weighted by Crippen LogP contribution is 2.45. The number of nitro groups is 1. The number of nitrogens with zero attached hydrogens (tertiary/aromatic N) is 2. The van der Waals surface area contributed by atoms with Gasteiger partial charge in [0.15, 0.2) is 0 Å². The third-order valence-corrected chi connectivity index (χ3v) is 2.59. The molecular formula is C9H11N3O2. The standard InChI is InChI=1S/C9H11N3O2/c10-4-6-3-8(6)9-2-1-7(5-11-9)12(13)14/h1-2,5-6,8H,3-4,10H2/t6-,8+/m0/s1. The average Bonchev–Trinajstić information content (AvgIpc) is 2.97. The number of hydrogen-bond donors (Lipinski definition) is 1. The van der Waals surface area contributed by atoms with Crippen LogP contribution in [0.2, 0.25) is 0 Å². The van der Waals surface area contributed by atoms with Crippen molar-refractivity contribution < 1.29 is 4.92 Å². The molecule has 1 saturated carbocycles. The highest BCUT2D eigenvalue weighted by molar-refractivity contribution is 5.30. The highest BCUT2D eigenvalue weighted by atomic mass is 16.6. The molecule has 1 aromatic rings. The van der Waals surface area contributed by atoms with Crippen molar-refractivity contribution in [1.82, 2.24) is 4.98 Å². The molecule has 1 aliphatic carbocycles. The zero-order valence-corrected chi connectivity index (χ0v) is 7.59. The van der Waals surface area contributed by atoms with E-state index in [1.807, 2.05) is 0 Å². The Hall–Kier alpha value is -1.49. The van der Waals surface area contributed by atoms with Gasteiger partial charge in [0.25, 0.3) is 5.69 Å². The first kappa shape index (κ1) is 9.08. The van der Waals surface area contributed by atoms with Crippen molar-refractivity contribution in [2.45, 2.75) is 12.3 Å². The van der Waals surface area contributed by atoms with Crippen molar-refractivity contribution in [1.29, 1.82) is 0 Å². The Morgan fingerprint density at radius 3 is 2.86 bits per heavy atom. The van der Waals surface area contributed by atoms with Crippen molar-refractivity contribution in [3.05, 3.63) is 34.1 Å². The maximum atomic E-state index is 10.4. The van der Waals surface area contributed by atoms with Crippen LogP contribution in [0.4, 0.5) is 5.69 Å². The van der Waals surface area contributed by atoms with Crippen LogP contribution in [0.1, 0.15) is 18.0 Å². The third-order valence-electron chi connectivity index (χ3n) is 2.59. The third kappa shape index (κ3) is 1.58. The van der Waals surface area contributed by atoms with Gasteiger partial charge in [-0.25, -0.2) is 0 Å². The van der Waals surface area contributed by atoms with Gasteiger partial charge in [-0.1, -0.05) is 0 Å². The lowest BCUT2D eigenvalue weighted by molar-refractivity contribution is -0.385. The van der Waals surface area contributed by atoms with Gasteiger partial charge in [0.2, 0.25) is 0 Å². The van der Waals surface area contributed by atoms with Crippen molar-refractivity contribution >= 4 is 5.69 Å². The van der Waals surface area contributed by atoms with E-state index in [2.05, 4.69) is 4.98 Å². The van der Waals surface area contributed by atoms with Gasteiger partial charge in [0.1, 0.15) is 6.20 Å². The number of hydrogen-bond acceptors (Lipinski definition) is 4. The van der Waals surface area contributed by atoms with E-state index in [0.29, 0.717) is 18.4 Å². The van der Waals surface area contributed by atoms with Crippen LogP contribution in [0.5, 0.6) is 0 Å². The van der Waals surface area contributed by atoms with E-state index in [1.165, 1.54) is 12.3 Å². The first-order valence-corrected chi connectivity index (χ1v) is 4.52. The van der Waals surface area contributed by atoms with Gasteiger partial charge in [0, 0.05) is 17.7 Å². The smallest absolute Gasteiger partial charge is 0.287 e. The minimum Gasteiger partial charge on any atom is -0.330 e. The molecule has 1 aliphatic rings. The van der Waals surface area contributed by atoms with Gasteiger partial charge in [-0.05, 0) is 24.9 Å². The second-order valence-corrected chi connectivity index (χ2v) is 3.54. The molecule has 0 saturated heterocycles. The molecule has 1 fully saturated rings. The summed E-state index contributed by atoms with van der Waals surface area (Å²) in [7, 11) is 0. The van der Waals surface area contributed by atoms with Crippen molar-refractivity contribution in [3.8, 4) is 0 Å². The van der Waals surface area contributed by atoms with Crippen LogP contribution >= 0.6 is 0 Å². The fourth-order valence-electron chi connectivity index (χ4n) is 1.60. The topological polar surface area (TPSA) is 82.0 Å². The molecule has 5 nitrogen and oxygen atoms in total. The predicted octanol–water partition coefficient (Wildman–Crippen LogP) is 1.05. The summed E-state index contributed by atoms with van der Waals surface area (Å²) in [5, 5.41) is 10.4. The Morgan fingerprint density at radius 1 is 1.64 bits per heavy atom. The van der Waals surface area contributed by atoms with E-state index in [9.17, 15) is 10.1 Å². The first-order chi connectivity index (χ1) is 6.72. The Balaban J connectivity index is 2.11. The molecule has 0 aromatic carbocycles. The van der Waals surface area contributed by atoms with Crippen LogP contribution in [0, 0.1) is 16.0 Å². The lowest BCUT2D eigenvalue weighted by Gasteiger charge is -1.97. The minimum atomic E-state index is -0.440. The maximum Gasteiger partial charge on any atom is 0.287 e. The molecule has 2 rings (SSSR count). The summed E-state index contributed by atoms with van der Waals surface area (Å²) in [6.07, 6.45) is 2.36. The molecule has 74 valence electrons. The maximum absolute atomic E-state index is 10.4. The van der Waals surface area contributed by atoms with Crippen molar-refractivity contribution in [2.75, 3.05) is 6.54 Å². The van der Waals surface area contributed by atoms with Gasteiger partial charge in [-0.15, -0.1) is 0 Å². The second-order valence-electron chi connectivity index (χ2n) is 3.54. The Labute approximate surface area is 81.1 Å². The van der Waals surface area contributed by atoms with Gasteiger partial charge in [-0.3, -0.25) is 15.1 Å². The zero-order valence-electron chi connectivity index (χ0n) is 7.59. The zero-order chi connectivity index (χ0) is 10.1. The molecule has 5 heteroatoms. The van der Waals surface area contributed by atoms with Crippen LogP contribution in [0.25, 0.3) is 0 Å². The number of aromatic nitrogens is 1. The van der Waals surface area contributed by atoms with Gasteiger partial charge in [0.05, 0.1) is 4.92 Å². The molecule has 0 unspecified atom stereocenters. The van der Waals surface area contributed by atoms with E-state index in [0.717, 1.165) is 12.1 Å². The van der Waals surface area contributed by atoms with E-state index in [4.69, 9.17) is 5.73 Å². The molecule has 0 bridgehead atoms. The Bertz CT molecular complexity index is 350. The molecule has 0 amide bonds. The minimum absolute atomic E-state index is 0.0405. The molecule has 1 heterocycles. The van der Waals surface area contributed by atoms with Gasteiger partial charge in [-0.2, -0.15) is 0 Å². The molecular weight excluding hydrogens is 182 g/mol. The van der Waals surface area contributed by atoms with E-state index in [-0.39, 0.29) is 5.69 Å². The first-order valence-electron chi connectivity index (χ1n) is 4.52. The highest BCUT2D eigenvalue weighted by Gasteiger charge is 2.38. The van der Waals surface area contributed by atoms with Crippen molar-refractivity contribution in [3.63, 3.8) is 0 Å². The lowest BCUT2D eigenvalue weighted by Crippen LogP contribution is -2.02. The Kier molecular flexibility index (Phi) is 2.17. The summed E-state index contributed by atoms with van der Waals surface area (Å²) in [5.74, 6) is 0.935. The van der Waals surface area contributed by atoms with Crippen LogP contribution in [0.3, 0.4) is 0 Å². The quantitative estimate of drug-likeness (QED) is 0.574. The number of nitrogens with two attached hydrogens (primary N) is 1. The molecule has 0 aliphatic heterocycles. The van der Waals surface area contributed by atoms with E-state index < -0.39 is 4.92 Å². The molecule has 2 N–H and O–H groups in total. The summed E-state index contributed by atoms with van der Waals surface area (Å²) in [6.45, 7) is 0.670. The Morgan fingerprint density at radius 2 is 2.43 bits per heavy atom. The van der Waals surface area contributed by atoms with E-state index in [1.54, 1.807) is 6.07 Å². The number of pyridine rings is 1. The largest absolute Gasteiger partial charge is 0.330 e. The fourth-order valence-corrected chi connectivity index (χ4v) is 1.60. The van der Waals surface area contributed by atoms with Crippen LogP contribution in [-0.2, 0) is 0 Å². The molecule has 0 radical (unpaired) electrons. The predicted molar refractivity (Wildman–Crippen MR) is 50.8 cm³/mol. The normalized spacial score (nSPS) is 24.6. The van der Waals surface area contributed by atoms with Crippen molar-refractivity contribution in [2.24, 2.45) is 11.7 Å². The summed E-state index contributed by atoms with van der Waals surface area (Å²) in [5.41, 5.74) is 6.47. The number of rotatable bonds is 3. The van der Waals surface area contributed by atoms with Crippen LogP contribution < -0.4 is 5.73 Å². The van der Waals surface area contributed by atoms with Gasteiger partial charge < -0.3 is 5.73 Å². The lowest BCUT2D eigenvalue weighted by atomic mass is 10.2. The van der Waals surface area contributed by atoms with Gasteiger partial charge >= 0.3 is 0 Å². The molecule has 14 heavy (non-hydrogen) atoms. The van der Waals surface area contributed by atoms with E-state index >= 15 is 0 Å². The summed E-state index contributed by atoms with van der Waals surface area (Å²) >= 11 is 0. The second kappa shape index (κ2) is 3.34. The van der Waals surface area contributed by atoms with Crippen LogP contribution in [0.15, 0.2) is 18.3 Å².